The lowest BCUT2D eigenvalue weighted by Gasteiger charge is -2.34. The first kappa shape index (κ1) is 24.1. The van der Waals surface area contributed by atoms with E-state index in [1.165, 1.54) is 4.90 Å². The number of rotatable bonds is 10. The van der Waals surface area contributed by atoms with Crippen LogP contribution in [0.25, 0.3) is 0 Å². The summed E-state index contributed by atoms with van der Waals surface area (Å²) in [6, 6.07) is 12.4. The van der Waals surface area contributed by atoms with Crippen molar-refractivity contribution in [1.29, 1.82) is 0 Å². The number of carbonyl (C=O) groups excluding carboxylic acids is 2. The largest absolute Gasteiger partial charge is 0.447 e. The van der Waals surface area contributed by atoms with E-state index in [0.717, 1.165) is 27.3 Å². The van der Waals surface area contributed by atoms with Crippen LogP contribution in [0.15, 0.2) is 40.0 Å². The average Bonchev–Trinajstić information content (AvgIpc) is 3.09. The van der Waals surface area contributed by atoms with Crippen molar-refractivity contribution in [3.05, 3.63) is 45.6 Å². The summed E-state index contributed by atoms with van der Waals surface area (Å²) in [6.07, 6.45) is 1.87. The standard InChI is InChI=1S/C22H32INO4Si/c1-5-29(6-2,7-3)28-20(14-13-17(4)23)21(25)24-19(16-27-22(24)26)15-18-11-9-8-10-12-18/h8-13,19-20H,5-7,14-16H2,1-4H3/t19-,20-/m1/s1. The predicted molar refractivity (Wildman–Crippen MR) is 127 cm³/mol. The Morgan fingerprint density at radius 1 is 1.28 bits per heavy atom. The summed E-state index contributed by atoms with van der Waals surface area (Å²) in [7, 11) is -2.02. The Kier molecular flexibility index (Phi) is 9.36. The summed E-state index contributed by atoms with van der Waals surface area (Å²) < 4.78 is 12.9. The molecule has 0 spiro atoms. The topological polar surface area (TPSA) is 55.8 Å². The zero-order chi connectivity index (χ0) is 21.4. The maximum absolute atomic E-state index is 13.5. The molecule has 1 fully saturated rings. The number of ether oxygens (including phenoxy) is 1. The number of allylic oxidation sites excluding steroid dienone is 1. The molecule has 2 amide bonds. The Labute approximate surface area is 189 Å². The Morgan fingerprint density at radius 2 is 1.90 bits per heavy atom. The quantitative estimate of drug-likeness (QED) is 0.289. The predicted octanol–water partition coefficient (Wildman–Crippen LogP) is 5.70. The molecule has 2 atom stereocenters. The molecule has 0 radical (unpaired) electrons. The van der Waals surface area contributed by atoms with Gasteiger partial charge in [-0.3, -0.25) is 4.79 Å². The highest BCUT2D eigenvalue weighted by Crippen LogP contribution is 2.28. The molecule has 5 nitrogen and oxygen atoms in total. The number of cyclic esters (lactones) is 1. The monoisotopic (exact) mass is 529 g/mol. The molecule has 0 bridgehead atoms. The number of carbonyl (C=O) groups is 2. The van der Waals surface area contributed by atoms with Gasteiger partial charge in [-0.1, -0.05) is 57.2 Å². The molecule has 1 aromatic rings. The van der Waals surface area contributed by atoms with Crippen molar-refractivity contribution in [3.63, 3.8) is 0 Å². The van der Waals surface area contributed by atoms with Crippen molar-refractivity contribution in [2.75, 3.05) is 6.61 Å². The zero-order valence-electron chi connectivity index (χ0n) is 17.8. The molecular formula is C22H32INO4Si. The third-order valence-electron chi connectivity index (χ3n) is 5.73. The Bertz CT molecular complexity index is 709. The zero-order valence-corrected chi connectivity index (χ0v) is 21.0. The molecule has 160 valence electrons. The van der Waals surface area contributed by atoms with Crippen LogP contribution >= 0.6 is 22.6 Å². The molecule has 0 aliphatic carbocycles. The highest BCUT2D eigenvalue weighted by Gasteiger charge is 2.43. The number of hydrogen-bond donors (Lipinski definition) is 0. The Hall–Kier alpha value is -1.19. The van der Waals surface area contributed by atoms with Crippen LogP contribution in [0.5, 0.6) is 0 Å². The maximum Gasteiger partial charge on any atom is 0.417 e. The van der Waals surface area contributed by atoms with Crippen LogP contribution in [0, 0.1) is 0 Å². The molecular weight excluding hydrogens is 497 g/mol. The molecule has 7 heteroatoms. The van der Waals surface area contributed by atoms with Crippen LogP contribution in [0.4, 0.5) is 4.79 Å². The fourth-order valence-electron chi connectivity index (χ4n) is 3.69. The Balaban J connectivity index is 2.26. The van der Waals surface area contributed by atoms with Crippen LogP contribution in [0.3, 0.4) is 0 Å². The molecule has 29 heavy (non-hydrogen) atoms. The molecule has 1 heterocycles. The first-order valence-corrected chi connectivity index (χ1v) is 14.0. The van der Waals surface area contributed by atoms with Gasteiger partial charge in [0.25, 0.3) is 5.91 Å². The minimum Gasteiger partial charge on any atom is -0.447 e. The van der Waals surface area contributed by atoms with Crippen LogP contribution in [-0.2, 0) is 20.4 Å². The van der Waals surface area contributed by atoms with E-state index in [-0.39, 0.29) is 18.6 Å². The normalized spacial score (nSPS) is 18.7. The molecule has 0 unspecified atom stereocenters. The number of amides is 2. The van der Waals surface area contributed by atoms with E-state index in [2.05, 4.69) is 43.4 Å². The van der Waals surface area contributed by atoms with Gasteiger partial charge in [-0.2, -0.15) is 0 Å². The fourth-order valence-corrected chi connectivity index (χ4v) is 6.75. The minimum atomic E-state index is -2.02. The van der Waals surface area contributed by atoms with Crippen molar-refractivity contribution < 1.29 is 18.8 Å². The third kappa shape index (κ3) is 6.39. The first-order valence-electron chi connectivity index (χ1n) is 10.4. The molecule has 1 aromatic carbocycles. The van der Waals surface area contributed by atoms with Crippen molar-refractivity contribution in [3.8, 4) is 0 Å². The van der Waals surface area contributed by atoms with Gasteiger partial charge in [-0.15, -0.1) is 0 Å². The number of imide groups is 1. The number of nitrogens with zero attached hydrogens (tertiary/aromatic N) is 1. The lowest BCUT2D eigenvalue weighted by molar-refractivity contribution is -0.137. The summed E-state index contributed by atoms with van der Waals surface area (Å²) in [5, 5.41) is 0. The van der Waals surface area contributed by atoms with Crippen LogP contribution in [-0.4, -0.2) is 44.0 Å². The summed E-state index contributed by atoms with van der Waals surface area (Å²) in [4.78, 5) is 27.2. The number of halogens is 1. The average molecular weight is 529 g/mol. The van der Waals surface area contributed by atoms with Crippen molar-refractivity contribution in [1.82, 2.24) is 4.90 Å². The van der Waals surface area contributed by atoms with Gasteiger partial charge >= 0.3 is 6.09 Å². The van der Waals surface area contributed by atoms with Gasteiger partial charge in [0.1, 0.15) is 12.7 Å². The van der Waals surface area contributed by atoms with Crippen molar-refractivity contribution in [2.24, 2.45) is 0 Å². The molecule has 1 aliphatic heterocycles. The van der Waals surface area contributed by atoms with E-state index in [4.69, 9.17) is 9.16 Å². The first-order chi connectivity index (χ1) is 13.9. The summed E-state index contributed by atoms with van der Waals surface area (Å²) in [6.45, 7) is 8.65. The van der Waals surface area contributed by atoms with E-state index in [0.29, 0.717) is 12.8 Å². The van der Waals surface area contributed by atoms with Crippen LogP contribution in [0.1, 0.15) is 39.7 Å². The maximum atomic E-state index is 13.5. The summed E-state index contributed by atoms with van der Waals surface area (Å²) >= 11 is 2.24. The highest BCUT2D eigenvalue weighted by molar-refractivity contribution is 14.1. The molecule has 0 aromatic heterocycles. The van der Waals surface area contributed by atoms with Gasteiger partial charge in [0.15, 0.2) is 8.32 Å². The third-order valence-corrected chi connectivity index (χ3v) is 10.8. The highest BCUT2D eigenvalue weighted by atomic mass is 127. The van der Waals surface area contributed by atoms with E-state index >= 15 is 0 Å². The van der Waals surface area contributed by atoms with Crippen molar-refractivity contribution in [2.45, 2.75) is 70.8 Å². The van der Waals surface area contributed by atoms with Crippen molar-refractivity contribution >= 4 is 42.9 Å². The van der Waals surface area contributed by atoms with E-state index < -0.39 is 20.5 Å². The van der Waals surface area contributed by atoms with Gasteiger partial charge in [0, 0.05) is 6.42 Å². The van der Waals surface area contributed by atoms with Gasteiger partial charge < -0.3 is 9.16 Å². The summed E-state index contributed by atoms with van der Waals surface area (Å²) in [5.41, 5.74) is 1.08. The smallest absolute Gasteiger partial charge is 0.417 e. The number of benzene rings is 1. The molecule has 1 aliphatic rings. The van der Waals surface area contributed by atoms with E-state index in [1.807, 2.05) is 43.3 Å². The van der Waals surface area contributed by atoms with Gasteiger partial charge in [0.2, 0.25) is 0 Å². The molecule has 0 saturated carbocycles. The lowest BCUT2D eigenvalue weighted by atomic mass is 10.1. The van der Waals surface area contributed by atoms with Gasteiger partial charge in [-0.25, -0.2) is 9.69 Å². The van der Waals surface area contributed by atoms with Crippen LogP contribution in [0.2, 0.25) is 18.1 Å². The number of hydrogen-bond acceptors (Lipinski definition) is 4. The molecule has 2 rings (SSSR count). The van der Waals surface area contributed by atoms with E-state index in [1.54, 1.807) is 0 Å². The molecule has 0 N–H and O–H groups in total. The second-order valence-corrected chi connectivity index (χ2v) is 13.9. The second-order valence-electron chi connectivity index (χ2n) is 7.51. The molecule has 1 saturated heterocycles. The minimum absolute atomic E-state index is 0.227. The SMILES string of the molecule is CC[Si](CC)(CC)O[C@H](CC=C(C)I)C(=O)N1C(=O)OC[C@H]1Cc1ccccc1. The van der Waals surface area contributed by atoms with E-state index in [9.17, 15) is 9.59 Å². The Morgan fingerprint density at radius 3 is 2.45 bits per heavy atom. The summed E-state index contributed by atoms with van der Waals surface area (Å²) in [5.74, 6) is -0.269. The lowest BCUT2D eigenvalue weighted by Crippen LogP contribution is -2.50. The fraction of sp³-hybridized carbons (Fsp3) is 0.545. The van der Waals surface area contributed by atoms with Crippen LogP contribution < -0.4 is 0 Å². The second kappa shape index (κ2) is 11.3. The van der Waals surface area contributed by atoms with Gasteiger partial charge in [-0.05, 0) is 63.2 Å². The van der Waals surface area contributed by atoms with Gasteiger partial charge in [0.05, 0.1) is 6.04 Å².